The molecule has 12 atom stereocenters. The van der Waals surface area contributed by atoms with E-state index >= 15 is 0 Å². The van der Waals surface area contributed by atoms with Crippen molar-refractivity contribution in [1.29, 1.82) is 0 Å². The Kier molecular flexibility index (Phi) is 78.1. The SMILES string of the molecule is CC(=O)[C@H](Cc1ccccc1)N(C)C.CCCC[C@H](NC)C(C)=O.CC[C@H](NC)C(C)=O.CN[C@@H](CC1CCC1)C(C)=O.CN[C@@H](CC1CCCCC1)C(C)=O.CN[C@@H](CCC(C)C)C(C)=O.CN[C@@H](CCC1CCCCC1)C(C)=O.CN[C@@H](Cc1ccc(-c2ccccc2)cc1)C(C)=O.CN[C@H](C(C)=O)C(C)(C)C.CN[C@H](C(C)=O)C12CC3CC(CC(C3)C1)C2.CN[C@H](C(C)=O)C1CCCC1.CN[C@H](C(C)=O)C1CCCCC1. The van der Waals surface area contributed by atoms with Crippen molar-refractivity contribution < 1.29 is 57.5 Å². The summed E-state index contributed by atoms with van der Waals surface area (Å²) in [5, 5.41) is 33.7. The molecule has 11 N–H and O–H groups in total. The van der Waals surface area contributed by atoms with Crippen LogP contribution in [0.15, 0.2) is 84.9 Å². The zero-order chi connectivity index (χ0) is 113. The van der Waals surface area contributed by atoms with Gasteiger partial charge in [0, 0.05) is 0 Å². The maximum absolute atomic E-state index is 11.8. The molecule has 854 valence electrons. The largest absolute Gasteiger partial charge is 0.311 e. The van der Waals surface area contributed by atoms with Gasteiger partial charge in [-0.2, -0.15) is 0 Å². The summed E-state index contributed by atoms with van der Waals surface area (Å²) in [7, 11) is 24.4. The first-order valence-electron chi connectivity index (χ1n) is 57.9. The fourth-order valence-electron chi connectivity index (χ4n) is 23.6. The van der Waals surface area contributed by atoms with Crippen LogP contribution in [0.25, 0.3) is 11.1 Å². The summed E-state index contributed by atoms with van der Waals surface area (Å²) in [4.78, 5) is 135. The Balaban J connectivity index is 0.00000161. The highest BCUT2D eigenvalue weighted by Gasteiger charge is 2.55. The van der Waals surface area contributed by atoms with E-state index in [0.29, 0.717) is 40.5 Å². The fraction of sp³-hybridized carbons (Fsp3) is 0.760. The van der Waals surface area contributed by atoms with Crippen molar-refractivity contribution >= 4 is 69.4 Å². The van der Waals surface area contributed by atoms with Gasteiger partial charge >= 0.3 is 0 Å². The van der Waals surface area contributed by atoms with Crippen LogP contribution >= 0.6 is 0 Å². The first kappa shape index (κ1) is 142. The normalized spacial score (nSPS) is 20.2. The predicted octanol–water partition coefficient (Wildman–Crippen LogP) is 21.0. The Morgan fingerprint density at radius 1 is 0.329 bits per heavy atom. The summed E-state index contributed by atoms with van der Waals surface area (Å²) < 4.78 is 0. The summed E-state index contributed by atoms with van der Waals surface area (Å²) in [5.41, 5.74) is 5.16. The van der Waals surface area contributed by atoms with Gasteiger partial charge in [0.05, 0.1) is 72.5 Å². The average Bonchev–Trinajstić information content (AvgIpc) is 0.916. The van der Waals surface area contributed by atoms with Crippen LogP contribution in [0.5, 0.6) is 0 Å². The number of hydrogen-bond donors (Lipinski definition) is 11. The summed E-state index contributed by atoms with van der Waals surface area (Å²) >= 11 is 0. The van der Waals surface area contributed by atoms with E-state index in [1.165, 1.54) is 208 Å². The van der Waals surface area contributed by atoms with E-state index in [-0.39, 0.29) is 130 Å². The number of benzene rings is 3. The molecule has 0 aromatic heterocycles. The van der Waals surface area contributed by atoms with E-state index in [4.69, 9.17) is 0 Å². The number of ketones is 12. The fourth-order valence-corrected chi connectivity index (χ4v) is 23.6. The van der Waals surface area contributed by atoms with Crippen LogP contribution in [0.1, 0.15) is 387 Å². The number of carbonyl (C=O) groups excluding carboxylic acids is 12. The maximum Gasteiger partial charge on any atom is 0.147 e. The molecule has 24 nitrogen and oxygen atoms in total. The minimum atomic E-state index is -0.0948. The van der Waals surface area contributed by atoms with Crippen molar-refractivity contribution in [2.24, 2.45) is 64.1 Å². The smallest absolute Gasteiger partial charge is 0.147 e. The van der Waals surface area contributed by atoms with Gasteiger partial charge in [-0.25, -0.2) is 0 Å². The van der Waals surface area contributed by atoms with Gasteiger partial charge in [0.2, 0.25) is 0 Å². The Labute approximate surface area is 908 Å². The van der Waals surface area contributed by atoms with Gasteiger partial charge < -0.3 is 58.5 Å². The van der Waals surface area contributed by atoms with Crippen molar-refractivity contribution in [2.75, 3.05) is 91.6 Å². The first-order chi connectivity index (χ1) is 70.6. The summed E-state index contributed by atoms with van der Waals surface area (Å²) in [6.07, 6.45) is 49.6. The summed E-state index contributed by atoms with van der Waals surface area (Å²) in [5.74, 6) is 10.3. The molecule has 3 aromatic carbocycles. The molecule has 9 saturated carbocycles. The van der Waals surface area contributed by atoms with Gasteiger partial charge in [-0.15, -0.1) is 0 Å². The second-order valence-corrected chi connectivity index (χ2v) is 46.1. The Hall–Kier alpha value is -6.78. The first-order valence-corrected chi connectivity index (χ1v) is 57.9. The van der Waals surface area contributed by atoms with Gasteiger partial charge in [-0.05, 0) is 389 Å². The third-order valence-corrected chi connectivity index (χ3v) is 32.1. The van der Waals surface area contributed by atoms with Crippen molar-refractivity contribution in [3.8, 4) is 11.1 Å². The van der Waals surface area contributed by atoms with Crippen LogP contribution < -0.4 is 58.5 Å². The highest BCUT2D eigenvalue weighted by molar-refractivity contribution is 5.86. The molecule has 4 bridgehead atoms. The third-order valence-electron chi connectivity index (χ3n) is 32.1. The van der Waals surface area contributed by atoms with Crippen molar-refractivity contribution in [3.63, 3.8) is 0 Å². The van der Waals surface area contributed by atoms with Crippen LogP contribution in [-0.2, 0) is 70.4 Å². The molecule has 0 heterocycles. The molecule has 0 spiro atoms. The molecular weight excluding hydrogens is 1860 g/mol. The molecule has 149 heavy (non-hydrogen) atoms. The Bertz CT molecular complexity index is 4070. The van der Waals surface area contributed by atoms with E-state index < -0.39 is 0 Å². The van der Waals surface area contributed by atoms with Gasteiger partial charge in [0.15, 0.2) is 0 Å². The molecule has 3 aromatic rings. The monoisotopic (exact) mass is 2080 g/mol. The molecule has 0 aliphatic heterocycles. The minimum absolute atomic E-state index is 0.00241. The maximum atomic E-state index is 11.8. The van der Waals surface area contributed by atoms with Crippen LogP contribution in [0, 0.1) is 64.1 Å². The topological polar surface area (TPSA) is 340 Å². The zero-order valence-electron chi connectivity index (χ0n) is 100. The zero-order valence-corrected chi connectivity index (χ0v) is 100. The molecule has 9 fully saturated rings. The Morgan fingerprint density at radius 3 is 0.953 bits per heavy atom. The highest BCUT2D eigenvalue weighted by atomic mass is 16.2. The second-order valence-electron chi connectivity index (χ2n) is 46.1. The lowest BCUT2D eigenvalue weighted by Crippen LogP contribution is -2.57. The molecule has 9 aliphatic carbocycles. The van der Waals surface area contributed by atoms with E-state index in [2.05, 4.69) is 149 Å². The molecule has 0 saturated heterocycles. The molecule has 12 rings (SSSR count). The van der Waals surface area contributed by atoms with E-state index in [0.717, 1.165) is 106 Å². The van der Waals surface area contributed by atoms with Crippen molar-refractivity contribution in [3.05, 3.63) is 96.1 Å². The number of Topliss-reactive ketones (excluding diaryl/α,β-unsaturated/α-hetero) is 12. The van der Waals surface area contributed by atoms with E-state index in [1.54, 1.807) is 90.1 Å². The van der Waals surface area contributed by atoms with Crippen LogP contribution in [0.3, 0.4) is 0 Å². The number of carbonyl (C=O) groups is 12. The predicted molar refractivity (Wildman–Crippen MR) is 624 cm³/mol. The molecule has 24 heteroatoms. The van der Waals surface area contributed by atoms with Crippen LogP contribution in [-0.4, -0.2) is 238 Å². The van der Waals surface area contributed by atoms with Gasteiger partial charge in [0.25, 0.3) is 0 Å². The summed E-state index contributed by atoms with van der Waals surface area (Å²) in [6, 6.07) is 29.6. The second kappa shape index (κ2) is 81.8. The molecule has 0 radical (unpaired) electrons. The van der Waals surface area contributed by atoms with Crippen molar-refractivity contribution in [1.82, 2.24) is 63.4 Å². The third kappa shape index (κ3) is 60.2. The number of likely N-dealkylation sites (N-methyl/N-ethyl adjacent to an activating group) is 12. The number of rotatable bonds is 46. The molecule has 9 aliphatic rings. The highest BCUT2D eigenvalue weighted by Crippen LogP contribution is 2.61. The minimum Gasteiger partial charge on any atom is -0.311 e. The lowest BCUT2D eigenvalue weighted by molar-refractivity contribution is -0.131. The van der Waals surface area contributed by atoms with Gasteiger partial charge in [-0.1, -0.05) is 262 Å². The van der Waals surface area contributed by atoms with Gasteiger partial charge in [0.1, 0.15) is 69.4 Å². The van der Waals surface area contributed by atoms with Crippen LogP contribution in [0.4, 0.5) is 0 Å². The van der Waals surface area contributed by atoms with E-state index in [1.807, 2.05) is 133 Å². The molecule has 0 unspecified atom stereocenters. The van der Waals surface area contributed by atoms with Crippen LogP contribution in [0.2, 0.25) is 0 Å². The van der Waals surface area contributed by atoms with E-state index in [9.17, 15) is 57.5 Å². The number of nitrogens with zero attached hydrogens (tertiary/aromatic N) is 1. The lowest BCUT2D eigenvalue weighted by Gasteiger charge is -2.59. The number of hydrogen-bond acceptors (Lipinski definition) is 24. The number of unbranched alkanes of at least 4 members (excludes halogenated alkanes) is 1. The number of nitrogens with one attached hydrogen (secondary N) is 11. The molecular formula is C125H222N12O12. The van der Waals surface area contributed by atoms with Crippen molar-refractivity contribution in [2.45, 2.75) is 461 Å². The lowest BCUT2D eigenvalue weighted by atomic mass is 9.47. The Morgan fingerprint density at radius 2 is 0.671 bits per heavy atom. The standard InChI is InChI=1S/C17H19NO.C14H23NO.C12H17NO.C12H23NO.C11H21NO.C10H19NO.2C9H17NO.C9H19NO.2C8H17NO.C6H13NO/c1-13(19)17(18-2)12-14-8-10-16(11-9-14)15-6-4-3-5-7-15;1-9(16)13(15-2)14-6-10-3-11(7-14)5-12(4-10)8-14;1-10(14)12(13(2)3)9-11-7-5-4-6-8-11;1-10(14)12(13-2)9-8-11-6-4-3-5-7-11;1-9(13)11(12-2)8-10-6-4-3-5-7-10;1-8(12)10(11-2)9-6-4-3-5-7-9;1-7(11)9(10-2)6-8-4-3-5-8;1-7(11)9(10-2)8-5-3-4-6-8;1-7(2)5-6-9(10-4)8(3)11;1-6(10)7(9-5)8(2,3)4;1-4-5-6-8(9-3)7(2)10;1-4-6(7-3)5(2)8/h3-11,17-18H,12H2,1-2H3;10-13,15H,3-8H2,1-2H3;4-8,12H,9H2,1-3H3;11-13H,3-9H2,1-2H3;10-12H,3-8H2,1-2H3;9-11H,3-7H2,1-2H3;2*8-10H,3-6H2,1-2H3;7,9-10H,5-6H2,1-4H3;7,9H,1-5H3;8-9H,4-6H2,1-3H3;6-7H,4H2,1-3H3/t17-;10?,11?,12?,13-,14?;2*12-;11-;10-;3*9-;7-;8-;6-/m010001010100/s1. The quantitative estimate of drug-likeness (QED) is 0.0250. The summed E-state index contributed by atoms with van der Waals surface area (Å²) in [6.45, 7) is 34.6. The van der Waals surface area contributed by atoms with Gasteiger partial charge in [-0.3, -0.25) is 62.4 Å². The average molecular weight is 2090 g/mol. The molecule has 0 amide bonds.